The van der Waals surface area contributed by atoms with Crippen molar-refractivity contribution in [3.8, 4) is 0 Å². The first kappa shape index (κ1) is 12.1. The highest BCUT2D eigenvalue weighted by Gasteiger charge is 2.33. The Morgan fingerprint density at radius 3 is 2.47 bits per heavy atom. The first-order valence-corrected chi connectivity index (χ1v) is 6.13. The second-order valence-electron chi connectivity index (χ2n) is 5.03. The number of nitrogens with one attached hydrogen (secondary N) is 1. The summed E-state index contributed by atoms with van der Waals surface area (Å²) in [6, 6.07) is 8.36. The van der Waals surface area contributed by atoms with Gasteiger partial charge in [-0.15, -0.1) is 0 Å². The number of carbonyl (C=O) groups is 1. The van der Waals surface area contributed by atoms with Crippen LogP contribution in [0.25, 0.3) is 0 Å². The second kappa shape index (κ2) is 4.88. The van der Waals surface area contributed by atoms with Gasteiger partial charge in [0.1, 0.15) is 0 Å². The summed E-state index contributed by atoms with van der Waals surface area (Å²) >= 11 is 0. The zero-order valence-electron chi connectivity index (χ0n) is 10.3. The number of hydrogen-bond donors (Lipinski definition) is 2. The monoisotopic (exact) mass is 233 g/mol. The lowest BCUT2D eigenvalue weighted by Gasteiger charge is -2.16. The molecule has 3 heteroatoms. The fraction of sp³-hybridized carbons (Fsp3) is 0.500. The Balaban J connectivity index is 2.19. The molecule has 1 aromatic carbocycles. The minimum Gasteiger partial charge on any atom is -0.481 e. The van der Waals surface area contributed by atoms with Crippen molar-refractivity contribution in [2.45, 2.75) is 25.7 Å². The highest BCUT2D eigenvalue weighted by atomic mass is 16.4. The van der Waals surface area contributed by atoms with Crippen molar-refractivity contribution in [2.24, 2.45) is 5.92 Å². The number of carboxylic acid groups (broad SMARTS) is 1. The quantitative estimate of drug-likeness (QED) is 0.841. The molecule has 3 nitrogen and oxygen atoms in total. The van der Waals surface area contributed by atoms with E-state index in [9.17, 15) is 4.79 Å². The van der Waals surface area contributed by atoms with E-state index >= 15 is 0 Å². The van der Waals surface area contributed by atoms with Crippen LogP contribution in [0.1, 0.15) is 36.8 Å². The van der Waals surface area contributed by atoms with Gasteiger partial charge in [-0.2, -0.15) is 0 Å². The van der Waals surface area contributed by atoms with Crippen LogP contribution < -0.4 is 5.32 Å². The molecule has 1 heterocycles. The van der Waals surface area contributed by atoms with Crippen molar-refractivity contribution in [3.05, 3.63) is 35.4 Å². The molecule has 2 atom stereocenters. The van der Waals surface area contributed by atoms with E-state index in [1.54, 1.807) is 0 Å². The van der Waals surface area contributed by atoms with Gasteiger partial charge in [0.05, 0.1) is 5.92 Å². The summed E-state index contributed by atoms with van der Waals surface area (Å²) in [5.41, 5.74) is 2.43. The molecule has 2 rings (SSSR count). The van der Waals surface area contributed by atoms with Crippen molar-refractivity contribution >= 4 is 5.97 Å². The summed E-state index contributed by atoms with van der Waals surface area (Å²) in [7, 11) is 0. The van der Waals surface area contributed by atoms with E-state index < -0.39 is 5.97 Å². The molecule has 0 bridgehead atoms. The van der Waals surface area contributed by atoms with Gasteiger partial charge in [-0.1, -0.05) is 38.1 Å². The molecule has 0 aliphatic carbocycles. The molecule has 0 amide bonds. The number of rotatable bonds is 3. The third kappa shape index (κ3) is 2.50. The van der Waals surface area contributed by atoms with Crippen molar-refractivity contribution < 1.29 is 9.90 Å². The van der Waals surface area contributed by atoms with E-state index in [0.717, 1.165) is 12.1 Å². The molecule has 1 aromatic rings. The fourth-order valence-corrected chi connectivity index (χ4v) is 2.42. The SMILES string of the molecule is CC(C)c1ccc([C@H]2CNC[C@H]2C(=O)O)cc1. The van der Waals surface area contributed by atoms with E-state index in [0.29, 0.717) is 12.5 Å². The molecule has 1 aliphatic heterocycles. The molecule has 1 fully saturated rings. The lowest BCUT2D eigenvalue weighted by molar-refractivity contribution is -0.141. The summed E-state index contributed by atoms with van der Waals surface area (Å²) in [6.45, 7) is 5.66. The summed E-state index contributed by atoms with van der Waals surface area (Å²) in [4.78, 5) is 11.1. The van der Waals surface area contributed by atoms with Crippen LogP contribution in [0.15, 0.2) is 24.3 Å². The first-order valence-electron chi connectivity index (χ1n) is 6.13. The van der Waals surface area contributed by atoms with Crippen molar-refractivity contribution in [1.29, 1.82) is 0 Å². The van der Waals surface area contributed by atoms with Crippen LogP contribution in [0, 0.1) is 5.92 Å². The number of hydrogen-bond acceptors (Lipinski definition) is 2. The minimum atomic E-state index is -0.701. The minimum absolute atomic E-state index is 0.105. The summed E-state index contributed by atoms with van der Waals surface area (Å²) < 4.78 is 0. The molecule has 0 saturated carbocycles. The molecular formula is C14H19NO2. The number of carboxylic acids is 1. The Morgan fingerprint density at radius 2 is 1.94 bits per heavy atom. The molecule has 0 aromatic heterocycles. The third-order valence-corrected chi connectivity index (χ3v) is 3.56. The van der Waals surface area contributed by atoms with Gasteiger partial charge in [0.2, 0.25) is 0 Å². The van der Waals surface area contributed by atoms with Gasteiger partial charge < -0.3 is 10.4 Å². The van der Waals surface area contributed by atoms with Crippen LogP contribution in [0.4, 0.5) is 0 Å². The molecule has 1 aliphatic rings. The van der Waals surface area contributed by atoms with E-state index in [1.165, 1.54) is 5.56 Å². The normalized spacial score (nSPS) is 24.2. The van der Waals surface area contributed by atoms with Gasteiger partial charge in [-0.25, -0.2) is 0 Å². The predicted molar refractivity (Wildman–Crippen MR) is 67.3 cm³/mol. The first-order chi connectivity index (χ1) is 8.09. The lowest BCUT2D eigenvalue weighted by Crippen LogP contribution is -2.20. The van der Waals surface area contributed by atoms with Gasteiger partial charge >= 0.3 is 5.97 Å². The lowest BCUT2D eigenvalue weighted by atomic mass is 9.88. The Bertz CT molecular complexity index is 397. The number of benzene rings is 1. The second-order valence-corrected chi connectivity index (χ2v) is 5.03. The standard InChI is InChI=1S/C14H19NO2/c1-9(2)10-3-5-11(6-4-10)12-7-15-8-13(12)14(16)17/h3-6,9,12-13,15H,7-8H2,1-2H3,(H,16,17)/t12-,13-/m1/s1. The van der Waals surface area contributed by atoms with E-state index in [2.05, 4.69) is 43.4 Å². The molecule has 2 N–H and O–H groups in total. The molecule has 17 heavy (non-hydrogen) atoms. The Kier molecular flexibility index (Phi) is 3.48. The summed E-state index contributed by atoms with van der Waals surface area (Å²) in [6.07, 6.45) is 0. The van der Waals surface area contributed by atoms with Gasteiger partial charge in [-0.05, 0) is 17.0 Å². The van der Waals surface area contributed by atoms with Crippen LogP contribution in [-0.2, 0) is 4.79 Å². The highest BCUT2D eigenvalue weighted by Crippen LogP contribution is 2.29. The average molecular weight is 233 g/mol. The molecular weight excluding hydrogens is 214 g/mol. The maximum Gasteiger partial charge on any atom is 0.308 e. The van der Waals surface area contributed by atoms with Crippen molar-refractivity contribution in [1.82, 2.24) is 5.32 Å². The Morgan fingerprint density at radius 1 is 1.29 bits per heavy atom. The average Bonchev–Trinajstić information content (AvgIpc) is 2.78. The fourth-order valence-electron chi connectivity index (χ4n) is 2.42. The van der Waals surface area contributed by atoms with Crippen LogP contribution in [0.5, 0.6) is 0 Å². The topological polar surface area (TPSA) is 49.3 Å². The van der Waals surface area contributed by atoms with Crippen molar-refractivity contribution in [3.63, 3.8) is 0 Å². The summed E-state index contributed by atoms with van der Waals surface area (Å²) in [5.74, 6) is -0.373. The van der Waals surface area contributed by atoms with Gasteiger partial charge in [0.15, 0.2) is 0 Å². The Labute approximate surface area is 102 Å². The molecule has 0 spiro atoms. The number of aliphatic carboxylic acids is 1. The molecule has 92 valence electrons. The molecule has 0 radical (unpaired) electrons. The van der Waals surface area contributed by atoms with Crippen LogP contribution in [0.3, 0.4) is 0 Å². The van der Waals surface area contributed by atoms with Crippen LogP contribution in [-0.4, -0.2) is 24.2 Å². The maximum absolute atomic E-state index is 11.1. The van der Waals surface area contributed by atoms with E-state index in [4.69, 9.17) is 5.11 Å². The van der Waals surface area contributed by atoms with Gasteiger partial charge in [0, 0.05) is 19.0 Å². The van der Waals surface area contributed by atoms with Gasteiger partial charge in [0.25, 0.3) is 0 Å². The predicted octanol–water partition coefficient (Wildman–Crippen LogP) is 2.20. The summed E-state index contributed by atoms with van der Waals surface area (Å²) in [5, 5.41) is 12.3. The van der Waals surface area contributed by atoms with E-state index in [1.807, 2.05) is 0 Å². The molecule has 0 unspecified atom stereocenters. The smallest absolute Gasteiger partial charge is 0.308 e. The zero-order chi connectivity index (χ0) is 12.4. The molecule has 1 saturated heterocycles. The van der Waals surface area contributed by atoms with E-state index in [-0.39, 0.29) is 11.8 Å². The van der Waals surface area contributed by atoms with Gasteiger partial charge in [-0.3, -0.25) is 4.79 Å². The largest absolute Gasteiger partial charge is 0.481 e. The van der Waals surface area contributed by atoms with Crippen LogP contribution >= 0.6 is 0 Å². The van der Waals surface area contributed by atoms with Crippen molar-refractivity contribution in [2.75, 3.05) is 13.1 Å². The third-order valence-electron chi connectivity index (χ3n) is 3.56. The Hall–Kier alpha value is -1.35. The zero-order valence-corrected chi connectivity index (χ0v) is 10.3. The maximum atomic E-state index is 11.1. The van der Waals surface area contributed by atoms with Crippen LogP contribution in [0.2, 0.25) is 0 Å². The highest BCUT2D eigenvalue weighted by molar-refractivity contribution is 5.72.